The Hall–Kier alpha value is -1.86. The van der Waals surface area contributed by atoms with Gasteiger partial charge in [-0.2, -0.15) is 0 Å². The van der Waals surface area contributed by atoms with Crippen molar-refractivity contribution >= 4 is 5.57 Å². The third kappa shape index (κ3) is 2.19. The predicted molar refractivity (Wildman–Crippen MR) is 84.4 cm³/mol. The summed E-state index contributed by atoms with van der Waals surface area (Å²) in [4.78, 5) is 0. The van der Waals surface area contributed by atoms with E-state index in [9.17, 15) is 0 Å². The number of hydrogen-bond donors (Lipinski definition) is 1. The smallest absolute Gasteiger partial charge is 0.0259 e. The minimum Gasteiger partial charge on any atom is -0.307 e. The van der Waals surface area contributed by atoms with E-state index in [1.54, 1.807) is 0 Å². The number of nitrogens with one attached hydrogen (secondary N) is 1. The fourth-order valence-corrected chi connectivity index (χ4v) is 3.44. The molecule has 0 aliphatic carbocycles. The summed E-state index contributed by atoms with van der Waals surface area (Å²) in [5, 5.41) is 3.65. The first kappa shape index (κ1) is 11.9. The third-order valence-corrected chi connectivity index (χ3v) is 4.51. The van der Waals surface area contributed by atoms with Gasteiger partial charge in [0, 0.05) is 12.1 Å². The Morgan fingerprint density at radius 3 is 2.20 bits per heavy atom. The molecule has 20 heavy (non-hydrogen) atoms. The van der Waals surface area contributed by atoms with Crippen molar-refractivity contribution in [3.05, 3.63) is 66.2 Å². The highest BCUT2D eigenvalue weighted by atomic mass is 15.0. The Morgan fingerprint density at radius 2 is 1.45 bits per heavy atom. The van der Waals surface area contributed by atoms with E-state index < -0.39 is 0 Å². The molecule has 2 aliphatic heterocycles. The highest BCUT2D eigenvalue weighted by Crippen LogP contribution is 2.32. The van der Waals surface area contributed by atoms with Crippen LogP contribution in [0.5, 0.6) is 0 Å². The van der Waals surface area contributed by atoms with Crippen LogP contribution in [0.4, 0.5) is 0 Å². The first-order valence-corrected chi connectivity index (χ1v) is 7.51. The third-order valence-electron chi connectivity index (χ3n) is 4.51. The van der Waals surface area contributed by atoms with Crippen LogP contribution in [0.1, 0.15) is 24.8 Å². The quantitative estimate of drug-likeness (QED) is 0.851. The highest BCUT2D eigenvalue weighted by Gasteiger charge is 2.28. The van der Waals surface area contributed by atoms with E-state index in [2.05, 4.69) is 66.0 Å². The molecule has 2 aromatic rings. The van der Waals surface area contributed by atoms with Crippen LogP contribution < -0.4 is 5.32 Å². The molecule has 0 spiro atoms. The molecule has 2 heterocycles. The monoisotopic (exact) mass is 261 g/mol. The molecule has 0 amide bonds. The molecule has 1 N–H and O–H groups in total. The fraction of sp³-hybridized carbons (Fsp3) is 0.263. The van der Waals surface area contributed by atoms with Crippen molar-refractivity contribution in [2.45, 2.75) is 31.3 Å². The zero-order valence-corrected chi connectivity index (χ0v) is 11.5. The maximum absolute atomic E-state index is 3.65. The standard InChI is InChI=1S/C19H19N/c1-2-4-14(5-3-1)15-6-8-16(9-7-15)17-12-18-10-11-19(13-17)20-18/h1-9,12,18-20H,10-11,13H2. The van der Waals surface area contributed by atoms with Gasteiger partial charge in [-0.1, -0.05) is 60.7 Å². The van der Waals surface area contributed by atoms with Gasteiger partial charge in [-0.05, 0) is 41.5 Å². The van der Waals surface area contributed by atoms with Gasteiger partial charge in [0.1, 0.15) is 0 Å². The van der Waals surface area contributed by atoms with Crippen LogP contribution >= 0.6 is 0 Å². The van der Waals surface area contributed by atoms with Crippen LogP contribution in [-0.2, 0) is 0 Å². The van der Waals surface area contributed by atoms with Gasteiger partial charge >= 0.3 is 0 Å². The number of fused-ring (bicyclic) bond motifs is 2. The normalized spacial score (nSPS) is 24.5. The highest BCUT2D eigenvalue weighted by molar-refractivity contribution is 5.71. The molecule has 1 fully saturated rings. The van der Waals surface area contributed by atoms with Gasteiger partial charge in [0.05, 0.1) is 0 Å². The van der Waals surface area contributed by atoms with Crippen molar-refractivity contribution in [1.29, 1.82) is 0 Å². The molecule has 100 valence electrons. The maximum atomic E-state index is 3.65. The fourth-order valence-electron chi connectivity index (χ4n) is 3.44. The summed E-state index contributed by atoms with van der Waals surface area (Å²) in [5.74, 6) is 0. The average Bonchev–Trinajstić information content (AvgIpc) is 2.87. The lowest BCUT2D eigenvalue weighted by Gasteiger charge is -2.21. The Labute approximate surface area is 120 Å². The molecule has 1 nitrogen and oxygen atoms in total. The summed E-state index contributed by atoms with van der Waals surface area (Å²) in [6.45, 7) is 0. The van der Waals surface area contributed by atoms with Crippen LogP contribution in [0.3, 0.4) is 0 Å². The van der Waals surface area contributed by atoms with Crippen molar-refractivity contribution in [2.24, 2.45) is 0 Å². The minimum atomic E-state index is 0.609. The maximum Gasteiger partial charge on any atom is 0.0259 e. The molecule has 2 aromatic carbocycles. The summed E-state index contributed by atoms with van der Waals surface area (Å²) in [6, 6.07) is 20.9. The van der Waals surface area contributed by atoms with Crippen molar-refractivity contribution in [2.75, 3.05) is 0 Å². The molecule has 2 unspecified atom stereocenters. The van der Waals surface area contributed by atoms with E-state index in [-0.39, 0.29) is 0 Å². The molecular weight excluding hydrogens is 242 g/mol. The van der Waals surface area contributed by atoms with E-state index in [0.29, 0.717) is 12.1 Å². The Bertz CT molecular complexity index is 625. The minimum absolute atomic E-state index is 0.609. The van der Waals surface area contributed by atoms with Crippen LogP contribution in [0.25, 0.3) is 16.7 Å². The van der Waals surface area contributed by atoms with Crippen molar-refractivity contribution in [3.8, 4) is 11.1 Å². The van der Waals surface area contributed by atoms with Crippen molar-refractivity contribution < 1.29 is 0 Å². The average molecular weight is 261 g/mol. The van der Waals surface area contributed by atoms with Gasteiger partial charge in [0.15, 0.2) is 0 Å². The second-order valence-corrected chi connectivity index (χ2v) is 5.89. The SMILES string of the molecule is C1=C(c2ccc(-c3ccccc3)cc2)CC2CCC1N2. The number of benzene rings is 2. The van der Waals surface area contributed by atoms with Crippen LogP contribution in [0.2, 0.25) is 0 Å². The van der Waals surface area contributed by atoms with E-state index in [0.717, 1.165) is 0 Å². The first-order chi connectivity index (χ1) is 9.88. The zero-order valence-electron chi connectivity index (χ0n) is 11.5. The lowest BCUT2D eigenvalue weighted by Crippen LogP contribution is -2.31. The Kier molecular flexibility index (Phi) is 2.93. The molecule has 0 saturated carbocycles. The summed E-state index contributed by atoms with van der Waals surface area (Å²) >= 11 is 0. The molecule has 2 bridgehead atoms. The van der Waals surface area contributed by atoms with Gasteiger partial charge in [-0.25, -0.2) is 0 Å². The zero-order chi connectivity index (χ0) is 13.4. The Morgan fingerprint density at radius 1 is 0.750 bits per heavy atom. The van der Waals surface area contributed by atoms with Gasteiger partial charge < -0.3 is 5.32 Å². The second kappa shape index (κ2) is 4.92. The molecule has 2 aliphatic rings. The van der Waals surface area contributed by atoms with Gasteiger partial charge in [0.25, 0.3) is 0 Å². The van der Waals surface area contributed by atoms with E-state index in [1.807, 2.05) is 0 Å². The first-order valence-electron chi connectivity index (χ1n) is 7.51. The summed E-state index contributed by atoms with van der Waals surface area (Å²) < 4.78 is 0. The number of rotatable bonds is 2. The topological polar surface area (TPSA) is 12.0 Å². The molecule has 0 radical (unpaired) electrons. The Balaban J connectivity index is 1.62. The van der Waals surface area contributed by atoms with Crippen LogP contribution in [-0.4, -0.2) is 12.1 Å². The van der Waals surface area contributed by atoms with Crippen LogP contribution in [0, 0.1) is 0 Å². The lowest BCUT2D eigenvalue weighted by molar-refractivity contribution is 0.575. The molecule has 4 rings (SSSR count). The van der Waals surface area contributed by atoms with E-state index >= 15 is 0 Å². The summed E-state index contributed by atoms with van der Waals surface area (Å²) in [6.07, 6.45) is 6.24. The van der Waals surface area contributed by atoms with Gasteiger partial charge in [-0.3, -0.25) is 0 Å². The van der Waals surface area contributed by atoms with E-state index in [4.69, 9.17) is 0 Å². The summed E-state index contributed by atoms with van der Waals surface area (Å²) in [7, 11) is 0. The molecule has 0 aromatic heterocycles. The molecular formula is C19H19N. The van der Waals surface area contributed by atoms with Crippen molar-refractivity contribution in [3.63, 3.8) is 0 Å². The largest absolute Gasteiger partial charge is 0.307 e. The van der Waals surface area contributed by atoms with Crippen molar-refractivity contribution in [1.82, 2.24) is 5.32 Å². The number of hydrogen-bond acceptors (Lipinski definition) is 1. The molecule has 1 saturated heterocycles. The molecule has 2 atom stereocenters. The lowest BCUT2D eigenvalue weighted by atomic mass is 9.94. The van der Waals surface area contributed by atoms with Gasteiger partial charge in [-0.15, -0.1) is 0 Å². The summed E-state index contributed by atoms with van der Waals surface area (Å²) in [5.41, 5.74) is 5.50. The second-order valence-electron chi connectivity index (χ2n) is 5.89. The molecule has 1 heteroatoms. The van der Waals surface area contributed by atoms with Gasteiger partial charge in [0.2, 0.25) is 0 Å². The van der Waals surface area contributed by atoms with Crippen LogP contribution in [0.15, 0.2) is 60.7 Å². The predicted octanol–water partition coefficient (Wildman–Crippen LogP) is 4.26. The van der Waals surface area contributed by atoms with E-state index in [1.165, 1.54) is 41.5 Å².